The second-order valence-electron chi connectivity index (χ2n) is 5.93. The van der Waals surface area contributed by atoms with E-state index in [4.69, 9.17) is 4.84 Å². The number of aryl methyl sites for hydroxylation is 1. The smallest absolute Gasteiger partial charge is 0.322 e. The number of aromatic nitrogens is 2. The molecule has 0 radical (unpaired) electrons. The first-order valence-electron chi connectivity index (χ1n) is 7.83. The van der Waals surface area contributed by atoms with Gasteiger partial charge in [-0.15, -0.1) is 0 Å². The zero-order valence-electron chi connectivity index (χ0n) is 13.1. The molecule has 0 N–H and O–H groups in total. The third-order valence-corrected chi connectivity index (χ3v) is 4.49. The third kappa shape index (κ3) is 2.05. The maximum atomic E-state index is 12.5. The van der Waals surface area contributed by atoms with E-state index < -0.39 is 17.8 Å². The maximum Gasteiger partial charge on any atom is 0.384 e. The SMILES string of the molecule is Cn1nc(C(=O)ON2C(=O)c3ccccc3C2=O)c2c1CCCC2. The second-order valence-corrected chi connectivity index (χ2v) is 5.93. The molecule has 0 atom stereocenters. The van der Waals surface area contributed by atoms with Gasteiger partial charge in [0, 0.05) is 18.3 Å². The Labute approximate surface area is 137 Å². The van der Waals surface area contributed by atoms with Gasteiger partial charge in [-0.2, -0.15) is 5.10 Å². The highest BCUT2D eigenvalue weighted by molar-refractivity contribution is 6.21. The van der Waals surface area contributed by atoms with Crippen LogP contribution in [0.15, 0.2) is 24.3 Å². The summed E-state index contributed by atoms with van der Waals surface area (Å²) in [5.41, 5.74) is 2.52. The summed E-state index contributed by atoms with van der Waals surface area (Å²) in [5, 5.41) is 4.75. The van der Waals surface area contributed by atoms with E-state index in [1.54, 1.807) is 23.9 Å². The lowest BCUT2D eigenvalue weighted by atomic mass is 9.96. The normalized spacial score (nSPS) is 16.1. The number of amides is 2. The molecule has 7 nitrogen and oxygen atoms in total. The molecule has 0 unspecified atom stereocenters. The van der Waals surface area contributed by atoms with E-state index in [1.165, 1.54) is 12.1 Å². The number of benzene rings is 1. The van der Waals surface area contributed by atoms with E-state index in [9.17, 15) is 14.4 Å². The van der Waals surface area contributed by atoms with Gasteiger partial charge in [-0.05, 0) is 37.8 Å². The van der Waals surface area contributed by atoms with E-state index in [2.05, 4.69) is 5.10 Å². The van der Waals surface area contributed by atoms with Gasteiger partial charge < -0.3 is 4.84 Å². The van der Waals surface area contributed by atoms with Crippen LogP contribution in [0.2, 0.25) is 0 Å². The van der Waals surface area contributed by atoms with Gasteiger partial charge in [0.1, 0.15) is 0 Å². The molecule has 0 spiro atoms. The summed E-state index contributed by atoms with van der Waals surface area (Å²) in [6.07, 6.45) is 3.64. The minimum absolute atomic E-state index is 0.184. The Bertz CT molecular complexity index is 849. The molecule has 2 amide bonds. The monoisotopic (exact) mass is 325 g/mol. The molecule has 0 saturated carbocycles. The van der Waals surface area contributed by atoms with Crippen LogP contribution >= 0.6 is 0 Å². The number of hydroxylamine groups is 2. The molecule has 7 heteroatoms. The number of hydrogen-bond donors (Lipinski definition) is 0. The Kier molecular flexibility index (Phi) is 3.23. The zero-order chi connectivity index (χ0) is 16.8. The van der Waals surface area contributed by atoms with E-state index >= 15 is 0 Å². The fourth-order valence-corrected chi connectivity index (χ4v) is 3.31. The predicted molar refractivity (Wildman–Crippen MR) is 82.2 cm³/mol. The molecule has 0 bridgehead atoms. The van der Waals surface area contributed by atoms with Crippen LogP contribution in [0.5, 0.6) is 0 Å². The van der Waals surface area contributed by atoms with Crippen molar-refractivity contribution in [1.82, 2.24) is 14.8 Å². The number of hydrogen-bond acceptors (Lipinski definition) is 5. The lowest BCUT2D eigenvalue weighted by Crippen LogP contribution is -2.33. The van der Waals surface area contributed by atoms with Gasteiger partial charge in [-0.1, -0.05) is 17.2 Å². The number of rotatable bonds is 2. The van der Waals surface area contributed by atoms with E-state index in [1.807, 2.05) is 0 Å². The van der Waals surface area contributed by atoms with Crippen LogP contribution in [0.4, 0.5) is 0 Å². The number of imide groups is 1. The van der Waals surface area contributed by atoms with Gasteiger partial charge in [0.15, 0.2) is 5.69 Å². The number of carbonyl (C=O) groups is 3. The van der Waals surface area contributed by atoms with Crippen molar-refractivity contribution in [3.05, 3.63) is 52.3 Å². The average Bonchev–Trinajstić information content (AvgIpc) is 3.06. The van der Waals surface area contributed by atoms with Gasteiger partial charge >= 0.3 is 5.97 Å². The summed E-state index contributed by atoms with van der Waals surface area (Å²) in [5.74, 6) is -2.04. The molecule has 1 aromatic heterocycles. The molecule has 2 aliphatic rings. The highest BCUT2D eigenvalue weighted by Gasteiger charge is 2.39. The van der Waals surface area contributed by atoms with Crippen molar-refractivity contribution in [2.75, 3.05) is 0 Å². The quantitative estimate of drug-likeness (QED) is 0.785. The second kappa shape index (κ2) is 5.30. The van der Waals surface area contributed by atoms with Crippen molar-refractivity contribution in [2.45, 2.75) is 25.7 Å². The van der Waals surface area contributed by atoms with Crippen molar-refractivity contribution in [3.63, 3.8) is 0 Å². The van der Waals surface area contributed by atoms with Crippen LogP contribution in [-0.4, -0.2) is 32.6 Å². The van der Waals surface area contributed by atoms with Crippen molar-refractivity contribution in [3.8, 4) is 0 Å². The highest BCUT2D eigenvalue weighted by Crippen LogP contribution is 2.26. The Morgan fingerprint density at radius 2 is 1.71 bits per heavy atom. The summed E-state index contributed by atoms with van der Waals surface area (Å²) in [6, 6.07) is 6.38. The van der Waals surface area contributed by atoms with Gasteiger partial charge in [0.05, 0.1) is 11.1 Å². The van der Waals surface area contributed by atoms with Crippen LogP contribution < -0.4 is 0 Å². The van der Waals surface area contributed by atoms with Crippen LogP contribution in [0.3, 0.4) is 0 Å². The van der Waals surface area contributed by atoms with Crippen molar-refractivity contribution in [1.29, 1.82) is 0 Å². The molecule has 2 aromatic rings. The van der Waals surface area contributed by atoms with E-state index in [-0.39, 0.29) is 16.8 Å². The molecule has 1 aromatic carbocycles. The van der Waals surface area contributed by atoms with Crippen LogP contribution in [0.25, 0.3) is 0 Å². The molecule has 4 rings (SSSR count). The summed E-state index contributed by atoms with van der Waals surface area (Å²) in [6.45, 7) is 0. The molecule has 0 fully saturated rings. The number of fused-ring (bicyclic) bond motifs is 2. The number of nitrogens with zero attached hydrogens (tertiary/aromatic N) is 3. The first kappa shape index (κ1) is 14.6. The maximum absolute atomic E-state index is 12.5. The highest BCUT2D eigenvalue weighted by atomic mass is 16.7. The minimum atomic E-state index is -0.775. The van der Waals surface area contributed by atoms with Crippen LogP contribution in [-0.2, 0) is 24.7 Å². The van der Waals surface area contributed by atoms with Gasteiger partial charge in [-0.25, -0.2) is 4.79 Å². The van der Waals surface area contributed by atoms with E-state index in [0.717, 1.165) is 36.9 Å². The van der Waals surface area contributed by atoms with Crippen molar-refractivity contribution in [2.24, 2.45) is 7.05 Å². The van der Waals surface area contributed by atoms with Gasteiger partial charge in [-0.3, -0.25) is 14.3 Å². The predicted octanol–water partition coefficient (Wildman–Crippen LogP) is 1.67. The summed E-state index contributed by atoms with van der Waals surface area (Å²) < 4.78 is 1.67. The Morgan fingerprint density at radius 1 is 1.08 bits per heavy atom. The third-order valence-electron chi connectivity index (χ3n) is 4.49. The average molecular weight is 325 g/mol. The first-order valence-corrected chi connectivity index (χ1v) is 7.83. The molecule has 2 heterocycles. The standard InChI is InChI=1S/C17H15N3O4/c1-19-13-9-5-4-8-12(13)14(18-19)17(23)24-20-15(21)10-6-2-3-7-11(10)16(20)22/h2-3,6-7H,4-5,8-9H2,1H3. The summed E-state index contributed by atoms with van der Waals surface area (Å²) >= 11 is 0. The topological polar surface area (TPSA) is 81.5 Å². The fourth-order valence-electron chi connectivity index (χ4n) is 3.31. The van der Waals surface area contributed by atoms with Gasteiger partial charge in [0.25, 0.3) is 11.8 Å². The molecule has 24 heavy (non-hydrogen) atoms. The lowest BCUT2D eigenvalue weighted by Gasteiger charge is -2.14. The molecule has 1 aliphatic heterocycles. The Hall–Kier alpha value is -2.96. The molecular formula is C17H15N3O4. The summed E-state index contributed by atoms with van der Waals surface area (Å²) in [4.78, 5) is 42.1. The molecule has 122 valence electrons. The minimum Gasteiger partial charge on any atom is -0.322 e. The lowest BCUT2D eigenvalue weighted by molar-refractivity contribution is -0.0589. The van der Waals surface area contributed by atoms with Crippen molar-refractivity contribution >= 4 is 17.8 Å². The molecule has 1 aliphatic carbocycles. The zero-order valence-corrected chi connectivity index (χ0v) is 13.1. The first-order chi connectivity index (χ1) is 11.6. The van der Waals surface area contributed by atoms with Crippen LogP contribution in [0.1, 0.15) is 55.3 Å². The Morgan fingerprint density at radius 3 is 2.38 bits per heavy atom. The Balaban J connectivity index is 1.62. The number of carbonyl (C=O) groups excluding carboxylic acids is 3. The van der Waals surface area contributed by atoms with E-state index in [0.29, 0.717) is 5.06 Å². The largest absolute Gasteiger partial charge is 0.384 e. The fraction of sp³-hybridized carbons (Fsp3) is 0.294. The molecular weight excluding hydrogens is 310 g/mol. The van der Waals surface area contributed by atoms with Crippen LogP contribution in [0, 0.1) is 0 Å². The van der Waals surface area contributed by atoms with Crippen molar-refractivity contribution < 1.29 is 19.2 Å². The summed E-state index contributed by atoms with van der Waals surface area (Å²) in [7, 11) is 1.78. The molecule has 0 saturated heterocycles. The van der Waals surface area contributed by atoms with Gasteiger partial charge in [0.2, 0.25) is 0 Å².